The van der Waals surface area contributed by atoms with Gasteiger partial charge in [-0.05, 0) is 43.7 Å². The van der Waals surface area contributed by atoms with Gasteiger partial charge in [-0.2, -0.15) is 0 Å². The molecule has 0 aromatic heterocycles. The number of hydrogen-bond acceptors (Lipinski definition) is 2. The van der Waals surface area contributed by atoms with Crippen LogP contribution < -0.4 is 11.1 Å². The molecule has 0 saturated heterocycles. The van der Waals surface area contributed by atoms with Gasteiger partial charge in [0.1, 0.15) is 0 Å². The number of benzene rings is 1. The highest BCUT2D eigenvalue weighted by Crippen LogP contribution is 2.38. The minimum atomic E-state index is -0.737. The van der Waals surface area contributed by atoms with Gasteiger partial charge in [-0.1, -0.05) is 31.5 Å². The number of nitrogens with two attached hydrogens (primary N) is 1. The van der Waals surface area contributed by atoms with E-state index < -0.39 is 5.54 Å². The van der Waals surface area contributed by atoms with E-state index in [0.717, 1.165) is 31.4 Å². The van der Waals surface area contributed by atoms with Crippen molar-refractivity contribution < 1.29 is 4.79 Å². The average molecular weight is 246 g/mol. The van der Waals surface area contributed by atoms with Crippen molar-refractivity contribution in [3.05, 3.63) is 29.8 Å². The molecule has 0 heterocycles. The molecule has 1 fully saturated rings. The molecule has 1 saturated carbocycles. The lowest BCUT2D eigenvalue weighted by Gasteiger charge is -2.24. The fourth-order valence-electron chi connectivity index (χ4n) is 2.25. The molecule has 3 heteroatoms. The molecule has 18 heavy (non-hydrogen) atoms. The van der Waals surface area contributed by atoms with Gasteiger partial charge in [0, 0.05) is 5.69 Å². The Kier molecular flexibility index (Phi) is 3.71. The maximum absolute atomic E-state index is 12.2. The van der Waals surface area contributed by atoms with E-state index in [1.165, 1.54) is 5.56 Å². The molecular weight excluding hydrogens is 224 g/mol. The number of nitrogens with one attached hydrogen (secondary N) is 1. The molecule has 3 N–H and O–H groups in total. The topological polar surface area (TPSA) is 55.1 Å². The van der Waals surface area contributed by atoms with E-state index in [1.54, 1.807) is 0 Å². The van der Waals surface area contributed by atoms with Crippen LogP contribution in [0, 0.1) is 5.92 Å². The van der Waals surface area contributed by atoms with Gasteiger partial charge < -0.3 is 11.1 Å². The summed E-state index contributed by atoms with van der Waals surface area (Å²) in [5.74, 6) is 0.282. The lowest BCUT2D eigenvalue weighted by Crippen LogP contribution is -2.50. The predicted octanol–water partition coefficient (Wildman–Crippen LogP) is 2.71. The third kappa shape index (κ3) is 2.72. The standard InChI is InChI=1S/C15H22N2O/c1-3-6-11-7-4-5-8-13(11)17-14(18)15(2,16)12-9-10-12/h4-5,7-8,12H,3,6,9-10,16H2,1-2H3,(H,17,18). The molecule has 1 aromatic rings. The molecule has 1 unspecified atom stereocenters. The quantitative estimate of drug-likeness (QED) is 0.839. The Balaban J connectivity index is 2.11. The number of para-hydroxylation sites is 1. The first-order valence-corrected chi connectivity index (χ1v) is 6.74. The number of hydrogen-bond donors (Lipinski definition) is 2. The van der Waals surface area contributed by atoms with Gasteiger partial charge in [-0.3, -0.25) is 4.79 Å². The number of rotatable bonds is 5. The summed E-state index contributed by atoms with van der Waals surface area (Å²) in [5, 5.41) is 2.99. The third-order valence-electron chi connectivity index (χ3n) is 3.70. The zero-order valence-corrected chi connectivity index (χ0v) is 11.2. The highest BCUT2D eigenvalue weighted by atomic mass is 16.2. The summed E-state index contributed by atoms with van der Waals surface area (Å²) in [5.41, 5.74) is 7.47. The lowest BCUT2D eigenvalue weighted by atomic mass is 9.95. The molecule has 0 spiro atoms. The Bertz CT molecular complexity index is 436. The van der Waals surface area contributed by atoms with Crippen LogP contribution in [0.1, 0.15) is 38.7 Å². The lowest BCUT2D eigenvalue weighted by molar-refractivity contribution is -0.121. The first-order valence-electron chi connectivity index (χ1n) is 6.74. The fraction of sp³-hybridized carbons (Fsp3) is 0.533. The van der Waals surface area contributed by atoms with Crippen molar-refractivity contribution >= 4 is 11.6 Å². The fourth-order valence-corrected chi connectivity index (χ4v) is 2.25. The van der Waals surface area contributed by atoms with Gasteiger partial charge in [-0.25, -0.2) is 0 Å². The number of aryl methyl sites for hydroxylation is 1. The molecule has 3 nitrogen and oxygen atoms in total. The Morgan fingerprint density at radius 2 is 2.11 bits per heavy atom. The summed E-state index contributed by atoms with van der Waals surface area (Å²) in [4.78, 5) is 12.2. The van der Waals surface area contributed by atoms with Gasteiger partial charge in [0.05, 0.1) is 5.54 Å². The number of carbonyl (C=O) groups excluding carboxylic acids is 1. The van der Waals surface area contributed by atoms with E-state index >= 15 is 0 Å². The summed E-state index contributed by atoms with van der Waals surface area (Å²) >= 11 is 0. The molecule has 0 aliphatic heterocycles. The van der Waals surface area contributed by atoms with Gasteiger partial charge in [0.15, 0.2) is 0 Å². The number of carbonyl (C=O) groups is 1. The summed E-state index contributed by atoms with van der Waals surface area (Å²) in [6.07, 6.45) is 4.17. The zero-order chi connectivity index (χ0) is 13.2. The van der Waals surface area contributed by atoms with Crippen LogP contribution >= 0.6 is 0 Å². The van der Waals surface area contributed by atoms with Crippen molar-refractivity contribution in [3.63, 3.8) is 0 Å². The van der Waals surface area contributed by atoms with E-state index in [9.17, 15) is 4.79 Å². The van der Waals surface area contributed by atoms with E-state index in [-0.39, 0.29) is 5.91 Å². The van der Waals surface area contributed by atoms with Crippen molar-refractivity contribution in [2.75, 3.05) is 5.32 Å². The third-order valence-corrected chi connectivity index (χ3v) is 3.70. The Labute approximate surface area is 109 Å². The van der Waals surface area contributed by atoms with E-state index in [2.05, 4.69) is 18.3 Å². The van der Waals surface area contributed by atoms with E-state index in [1.807, 2.05) is 25.1 Å². The summed E-state index contributed by atoms with van der Waals surface area (Å²) in [6.45, 7) is 3.97. The van der Waals surface area contributed by atoms with Crippen LogP contribution in [0.3, 0.4) is 0 Å². The molecule has 2 rings (SSSR count). The minimum Gasteiger partial charge on any atom is -0.324 e. The molecule has 1 amide bonds. The second-order valence-corrected chi connectivity index (χ2v) is 5.42. The molecule has 1 atom stereocenters. The zero-order valence-electron chi connectivity index (χ0n) is 11.2. The van der Waals surface area contributed by atoms with Crippen LogP contribution in [0.5, 0.6) is 0 Å². The normalized spacial score (nSPS) is 18.2. The van der Waals surface area contributed by atoms with Crippen molar-refractivity contribution in [2.45, 2.75) is 45.1 Å². The van der Waals surface area contributed by atoms with Gasteiger partial charge in [-0.15, -0.1) is 0 Å². The van der Waals surface area contributed by atoms with Crippen molar-refractivity contribution in [1.29, 1.82) is 0 Å². The molecular formula is C15H22N2O. The molecule has 1 aromatic carbocycles. The van der Waals surface area contributed by atoms with Crippen molar-refractivity contribution in [1.82, 2.24) is 0 Å². The molecule has 98 valence electrons. The highest BCUT2D eigenvalue weighted by molar-refractivity contribution is 5.98. The van der Waals surface area contributed by atoms with Crippen LogP contribution in [-0.2, 0) is 11.2 Å². The minimum absolute atomic E-state index is 0.0615. The Morgan fingerprint density at radius 3 is 2.72 bits per heavy atom. The van der Waals surface area contributed by atoms with Crippen LogP contribution in [0.25, 0.3) is 0 Å². The molecule has 0 bridgehead atoms. The highest BCUT2D eigenvalue weighted by Gasteiger charge is 2.44. The maximum Gasteiger partial charge on any atom is 0.244 e. The Morgan fingerprint density at radius 1 is 1.44 bits per heavy atom. The van der Waals surface area contributed by atoms with Crippen LogP contribution in [0.4, 0.5) is 5.69 Å². The monoisotopic (exact) mass is 246 g/mol. The maximum atomic E-state index is 12.2. The first-order chi connectivity index (χ1) is 8.55. The summed E-state index contributed by atoms with van der Waals surface area (Å²) in [6, 6.07) is 7.96. The van der Waals surface area contributed by atoms with Crippen LogP contribution in [0.15, 0.2) is 24.3 Å². The van der Waals surface area contributed by atoms with E-state index in [4.69, 9.17) is 5.73 Å². The number of anilines is 1. The molecule has 1 aliphatic carbocycles. The van der Waals surface area contributed by atoms with E-state index in [0.29, 0.717) is 5.92 Å². The first kappa shape index (κ1) is 13.1. The summed E-state index contributed by atoms with van der Waals surface area (Å²) < 4.78 is 0. The molecule has 1 aliphatic rings. The predicted molar refractivity (Wildman–Crippen MR) is 74.4 cm³/mol. The van der Waals surface area contributed by atoms with Crippen LogP contribution in [-0.4, -0.2) is 11.4 Å². The second-order valence-electron chi connectivity index (χ2n) is 5.42. The average Bonchev–Trinajstić information content (AvgIpc) is 3.16. The Hall–Kier alpha value is -1.35. The summed E-state index contributed by atoms with van der Waals surface area (Å²) in [7, 11) is 0. The largest absolute Gasteiger partial charge is 0.324 e. The van der Waals surface area contributed by atoms with Gasteiger partial charge in [0.25, 0.3) is 0 Å². The van der Waals surface area contributed by atoms with Gasteiger partial charge >= 0.3 is 0 Å². The van der Waals surface area contributed by atoms with Crippen molar-refractivity contribution in [2.24, 2.45) is 11.7 Å². The van der Waals surface area contributed by atoms with Crippen molar-refractivity contribution in [3.8, 4) is 0 Å². The molecule has 0 radical (unpaired) electrons. The van der Waals surface area contributed by atoms with Crippen LogP contribution in [0.2, 0.25) is 0 Å². The SMILES string of the molecule is CCCc1ccccc1NC(=O)C(C)(N)C1CC1. The second kappa shape index (κ2) is 5.11. The number of amides is 1. The smallest absolute Gasteiger partial charge is 0.244 e. The van der Waals surface area contributed by atoms with Gasteiger partial charge in [0.2, 0.25) is 5.91 Å².